The summed E-state index contributed by atoms with van der Waals surface area (Å²) in [5.41, 5.74) is 1.35. The minimum Gasteiger partial charge on any atom is -0.490 e. The molecule has 140 valence electrons. The third-order valence-electron chi connectivity index (χ3n) is 5.80. The van der Waals surface area contributed by atoms with Crippen molar-refractivity contribution in [2.24, 2.45) is 5.92 Å². The van der Waals surface area contributed by atoms with Crippen LogP contribution in [0.1, 0.15) is 45.1 Å². The summed E-state index contributed by atoms with van der Waals surface area (Å²) in [5.74, 6) is 1.51. The predicted molar refractivity (Wildman–Crippen MR) is 102 cm³/mol. The van der Waals surface area contributed by atoms with Crippen molar-refractivity contribution in [2.45, 2.75) is 58.2 Å². The highest BCUT2D eigenvalue weighted by Gasteiger charge is 2.22. The maximum atomic E-state index is 9.24. The third-order valence-corrected chi connectivity index (χ3v) is 5.80. The summed E-state index contributed by atoms with van der Waals surface area (Å²) in [6, 6.07) is 9.31. The predicted octanol–water partition coefficient (Wildman–Crippen LogP) is 3.14. The van der Waals surface area contributed by atoms with Crippen molar-refractivity contribution < 1.29 is 9.84 Å². The summed E-state index contributed by atoms with van der Waals surface area (Å²) in [6.07, 6.45) is 4.84. The molecule has 0 unspecified atom stereocenters. The van der Waals surface area contributed by atoms with Gasteiger partial charge in [0.05, 0.1) is 0 Å². The van der Waals surface area contributed by atoms with Gasteiger partial charge in [0.1, 0.15) is 11.9 Å². The molecule has 4 heteroatoms. The SMILES string of the molecule is CC(C)N1CCC(Oc2ccc(CN3CCC(CO)CC3)cc2)CC1. The van der Waals surface area contributed by atoms with Gasteiger partial charge in [-0.3, -0.25) is 4.90 Å². The minimum atomic E-state index is 0.343. The second-order valence-corrected chi connectivity index (χ2v) is 7.99. The molecule has 2 saturated heterocycles. The van der Waals surface area contributed by atoms with Crippen LogP contribution in [0.15, 0.2) is 24.3 Å². The zero-order chi connectivity index (χ0) is 17.6. The monoisotopic (exact) mass is 346 g/mol. The zero-order valence-electron chi connectivity index (χ0n) is 15.9. The standard InChI is InChI=1S/C21H34N2O2/c1-17(2)23-13-9-21(10-14-23)25-20-5-3-18(4-6-20)15-22-11-7-19(16-24)8-12-22/h3-6,17,19,21,24H,7-16H2,1-2H3. The molecule has 2 heterocycles. The van der Waals surface area contributed by atoms with Gasteiger partial charge in [-0.05, 0) is 76.2 Å². The molecule has 0 spiro atoms. The summed E-state index contributed by atoms with van der Waals surface area (Å²) < 4.78 is 6.19. The zero-order valence-corrected chi connectivity index (χ0v) is 15.9. The first-order chi connectivity index (χ1) is 12.1. The van der Waals surface area contributed by atoms with Crippen LogP contribution in [-0.2, 0) is 6.54 Å². The Hall–Kier alpha value is -1.10. The van der Waals surface area contributed by atoms with Crippen LogP contribution in [0, 0.1) is 5.92 Å². The fourth-order valence-electron chi connectivity index (χ4n) is 3.96. The summed E-state index contributed by atoms with van der Waals surface area (Å²) in [6.45, 7) is 10.4. The second-order valence-electron chi connectivity index (χ2n) is 7.99. The van der Waals surface area contributed by atoms with Crippen molar-refractivity contribution in [3.63, 3.8) is 0 Å². The van der Waals surface area contributed by atoms with Crippen LogP contribution in [-0.4, -0.2) is 59.8 Å². The largest absolute Gasteiger partial charge is 0.490 e. The van der Waals surface area contributed by atoms with E-state index in [1.807, 2.05) is 0 Å². The van der Waals surface area contributed by atoms with E-state index in [-0.39, 0.29) is 0 Å². The van der Waals surface area contributed by atoms with Gasteiger partial charge in [0.25, 0.3) is 0 Å². The van der Waals surface area contributed by atoms with E-state index in [0.29, 0.717) is 24.7 Å². The van der Waals surface area contributed by atoms with Crippen LogP contribution < -0.4 is 4.74 Å². The molecule has 0 aliphatic carbocycles. The fraction of sp³-hybridized carbons (Fsp3) is 0.714. The molecule has 0 aromatic heterocycles. The molecule has 1 aromatic carbocycles. The molecule has 0 saturated carbocycles. The number of likely N-dealkylation sites (tertiary alicyclic amines) is 2. The smallest absolute Gasteiger partial charge is 0.119 e. The molecule has 2 aliphatic rings. The van der Waals surface area contributed by atoms with E-state index in [9.17, 15) is 5.11 Å². The molecular weight excluding hydrogens is 312 g/mol. The number of nitrogens with zero attached hydrogens (tertiary/aromatic N) is 2. The molecule has 4 nitrogen and oxygen atoms in total. The Kier molecular flexibility index (Phi) is 6.74. The molecule has 1 N–H and O–H groups in total. The summed E-state index contributed by atoms with van der Waals surface area (Å²) >= 11 is 0. The maximum Gasteiger partial charge on any atom is 0.119 e. The van der Waals surface area contributed by atoms with E-state index >= 15 is 0 Å². The minimum absolute atomic E-state index is 0.343. The Morgan fingerprint density at radius 2 is 1.64 bits per heavy atom. The number of benzene rings is 1. The molecular formula is C21H34N2O2. The Labute approximate surface area is 152 Å². The summed E-state index contributed by atoms with van der Waals surface area (Å²) in [4.78, 5) is 5.02. The van der Waals surface area contributed by atoms with Crippen molar-refractivity contribution in [3.05, 3.63) is 29.8 Å². The molecule has 0 amide bonds. The third kappa shape index (κ3) is 5.44. The number of piperidine rings is 2. The molecule has 2 fully saturated rings. The van der Waals surface area contributed by atoms with Crippen molar-refractivity contribution in [2.75, 3.05) is 32.8 Å². The van der Waals surface area contributed by atoms with E-state index in [1.165, 1.54) is 5.56 Å². The molecule has 1 aromatic rings. The lowest BCUT2D eigenvalue weighted by Crippen LogP contribution is -2.41. The van der Waals surface area contributed by atoms with Crippen molar-refractivity contribution in [3.8, 4) is 5.75 Å². The highest BCUT2D eigenvalue weighted by Crippen LogP contribution is 2.22. The number of aliphatic hydroxyl groups is 1. The average molecular weight is 347 g/mol. The van der Waals surface area contributed by atoms with E-state index in [1.54, 1.807) is 0 Å². The van der Waals surface area contributed by atoms with Crippen molar-refractivity contribution in [1.82, 2.24) is 9.80 Å². The number of ether oxygens (including phenoxy) is 1. The van der Waals surface area contributed by atoms with Crippen molar-refractivity contribution in [1.29, 1.82) is 0 Å². The fourth-order valence-corrected chi connectivity index (χ4v) is 3.96. The first kappa shape index (κ1) is 18.7. The topological polar surface area (TPSA) is 35.9 Å². The van der Waals surface area contributed by atoms with Crippen LogP contribution in [0.25, 0.3) is 0 Å². The van der Waals surface area contributed by atoms with Gasteiger partial charge >= 0.3 is 0 Å². The van der Waals surface area contributed by atoms with Gasteiger partial charge in [-0.2, -0.15) is 0 Å². The van der Waals surface area contributed by atoms with Crippen LogP contribution in [0.5, 0.6) is 5.75 Å². The number of rotatable bonds is 6. The van der Waals surface area contributed by atoms with Gasteiger partial charge in [0.2, 0.25) is 0 Å². The second kappa shape index (κ2) is 9.02. The number of hydrogen-bond acceptors (Lipinski definition) is 4. The van der Waals surface area contributed by atoms with Gasteiger partial charge < -0.3 is 14.7 Å². The molecule has 25 heavy (non-hydrogen) atoms. The summed E-state index contributed by atoms with van der Waals surface area (Å²) in [7, 11) is 0. The van der Waals surface area contributed by atoms with E-state index in [0.717, 1.165) is 64.2 Å². The van der Waals surface area contributed by atoms with E-state index < -0.39 is 0 Å². The molecule has 2 aliphatic heterocycles. The average Bonchev–Trinajstić information content (AvgIpc) is 2.64. The van der Waals surface area contributed by atoms with Gasteiger partial charge in [0.15, 0.2) is 0 Å². The van der Waals surface area contributed by atoms with Gasteiger partial charge in [-0.15, -0.1) is 0 Å². The molecule has 0 atom stereocenters. The molecule has 3 rings (SSSR count). The van der Waals surface area contributed by atoms with E-state index in [4.69, 9.17) is 4.74 Å². The lowest BCUT2D eigenvalue weighted by atomic mass is 9.97. The van der Waals surface area contributed by atoms with Crippen LogP contribution in [0.4, 0.5) is 0 Å². The first-order valence-corrected chi connectivity index (χ1v) is 9.97. The highest BCUT2D eigenvalue weighted by molar-refractivity contribution is 5.27. The molecule has 0 bridgehead atoms. The number of aliphatic hydroxyl groups excluding tert-OH is 1. The maximum absolute atomic E-state index is 9.24. The van der Waals surface area contributed by atoms with E-state index in [2.05, 4.69) is 47.9 Å². The lowest BCUT2D eigenvalue weighted by molar-refractivity contribution is 0.0843. The van der Waals surface area contributed by atoms with Crippen LogP contribution in [0.2, 0.25) is 0 Å². The van der Waals surface area contributed by atoms with Crippen LogP contribution >= 0.6 is 0 Å². The number of hydrogen-bond donors (Lipinski definition) is 1. The highest BCUT2D eigenvalue weighted by atomic mass is 16.5. The van der Waals surface area contributed by atoms with Crippen molar-refractivity contribution >= 4 is 0 Å². The first-order valence-electron chi connectivity index (χ1n) is 9.97. The Morgan fingerprint density at radius 3 is 2.20 bits per heavy atom. The molecule has 0 radical (unpaired) electrons. The Bertz CT molecular complexity index is 501. The Balaban J connectivity index is 1.43. The van der Waals surface area contributed by atoms with Gasteiger partial charge in [-0.1, -0.05) is 12.1 Å². The van der Waals surface area contributed by atoms with Gasteiger partial charge in [0, 0.05) is 32.3 Å². The van der Waals surface area contributed by atoms with Gasteiger partial charge in [-0.25, -0.2) is 0 Å². The lowest BCUT2D eigenvalue weighted by Gasteiger charge is -2.34. The summed E-state index contributed by atoms with van der Waals surface area (Å²) in [5, 5.41) is 9.24. The van der Waals surface area contributed by atoms with Crippen LogP contribution in [0.3, 0.4) is 0 Å². The Morgan fingerprint density at radius 1 is 1.00 bits per heavy atom. The quantitative estimate of drug-likeness (QED) is 0.858. The normalized spacial score (nSPS) is 21.8.